The molecule has 24 heavy (non-hydrogen) atoms. The fraction of sp³-hybridized carbons (Fsp3) is 0.227. The number of benzene rings is 3. The average molecular weight is 318 g/mol. The molecule has 0 bridgehead atoms. The molecule has 1 unspecified atom stereocenters. The highest BCUT2D eigenvalue weighted by molar-refractivity contribution is 5.89. The molecule has 0 aliphatic rings. The molecule has 0 aliphatic carbocycles. The summed E-state index contributed by atoms with van der Waals surface area (Å²) >= 11 is 0. The van der Waals surface area contributed by atoms with E-state index in [0.29, 0.717) is 11.5 Å². The van der Waals surface area contributed by atoms with E-state index in [0.717, 1.165) is 42.3 Å². The molecule has 0 aromatic heterocycles. The van der Waals surface area contributed by atoms with E-state index in [1.807, 2.05) is 36.4 Å². The van der Waals surface area contributed by atoms with E-state index in [4.69, 9.17) is 4.74 Å². The van der Waals surface area contributed by atoms with Crippen LogP contribution in [-0.4, -0.2) is 12.9 Å². The van der Waals surface area contributed by atoms with Crippen LogP contribution < -0.4 is 4.74 Å². The molecular weight excluding hydrogens is 296 g/mol. The Morgan fingerprint density at radius 1 is 0.958 bits per heavy atom. The summed E-state index contributed by atoms with van der Waals surface area (Å²) in [5.41, 5.74) is 2.08. The smallest absolute Gasteiger partial charge is 0.150 e. The molecule has 3 rings (SSSR count). The number of carbonyl (C=O) groups is 1. The first-order valence-electron chi connectivity index (χ1n) is 8.43. The minimum atomic E-state index is 0.549. The van der Waals surface area contributed by atoms with Crippen LogP contribution in [0.4, 0.5) is 0 Å². The molecule has 0 fully saturated rings. The summed E-state index contributed by atoms with van der Waals surface area (Å²) in [6.45, 7) is 2.98. The lowest BCUT2D eigenvalue weighted by Crippen LogP contribution is -2.01. The monoisotopic (exact) mass is 318 g/mol. The van der Waals surface area contributed by atoms with Crippen molar-refractivity contribution in [3.63, 3.8) is 0 Å². The van der Waals surface area contributed by atoms with Crippen LogP contribution in [0, 0.1) is 0 Å². The third kappa shape index (κ3) is 4.02. The summed E-state index contributed by atoms with van der Waals surface area (Å²) in [6.07, 6.45) is 3.01. The molecule has 2 heteroatoms. The maximum absolute atomic E-state index is 10.8. The molecule has 0 aliphatic heterocycles. The van der Waals surface area contributed by atoms with Crippen molar-refractivity contribution in [1.82, 2.24) is 0 Å². The van der Waals surface area contributed by atoms with Crippen molar-refractivity contribution in [2.24, 2.45) is 0 Å². The van der Waals surface area contributed by atoms with Gasteiger partial charge in [-0.15, -0.1) is 0 Å². The number of rotatable bonds is 7. The highest BCUT2D eigenvalue weighted by Crippen LogP contribution is 2.23. The van der Waals surface area contributed by atoms with Crippen LogP contribution in [0.5, 0.6) is 5.75 Å². The van der Waals surface area contributed by atoms with E-state index in [1.165, 1.54) is 5.56 Å². The van der Waals surface area contributed by atoms with Gasteiger partial charge in [0.05, 0.1) is 6.61 Å². The number of hydrogen-bond acceptors (Lipinski definition) is 2. The fourth-order valence-corrected chi connectivity index (χ4v) is 2.93. The van der Waals surface area contributed by atoms with E-state index in [-0.39, 0.29) is 0 Å². The third-order valence-electron chi connectivity index (χ3n) is 4.39. The molecule has 0 radical (unpaired) electrons. The molecule has 0 amide bonds. The fourth-order valence-electron chi connectivity index (χ4n) is 2.93. The molecule has 2 nitrogen and oxygen atoms in total. The number of hydrogen-bond donors (Lipinski definition) is 0. The first kappa shape index (κ1) is 16.3. The van der Waals surface area contributed by atoms with Gasteiger partial charge in [-0.05, 0) is 53.3 Å². The van der Waals surface area contributed by atoms with Crippen LogP contribution in [0.2, 0.25) is 0 Å². The van der Waals surface area contributed by atoms with Crippen LogP contribution in [0.3, 0.4) is 0 Å². The molecule has 0 N–H and O–H groups in total. The predicted octanol–water partition coefficient (Wildman–Crippen LogP) is 5.62. The Hall–Kier alpha value is -2.61. The van der Waals surface area contributed by atoms with E-state index < -0.39 is 0 Å². The van der Waals surface area contributed by atoms with Gasteiger partial charge in [0.15, 0.2) is 0 Å². The Morgan fingerprint density at radius 2 is 1.71 bits per heavy atom. The van der Waals surface area contributed by atoms with Crippen LogP contribution >= 0.6 is 0 Å². The van der Waals surface area contributed by atoms with Gasteiger partial charge in [0.1, 0.15) is 12.0 Å². The van der Waals surface area contributed by atoms with Crippen molar-refractivity contribution >= 4 is 17.1 Å². The van der Waals surface area contributed by atoms with Gasteiger partial charge in [0, 0.05) is 5.56 Å². The Balaban J connectivity index is 1.53. The predicted molar refractivity (Wildman–Crippen MR) is 98.9 cm³/mol. The van der Waals surface area contributed by atoms with Crippen molar-refractivity contribution in [1.29, 1.82) is 0 Å². The van der Waals surface area contributed by atoms with Gasteiger partial charge in [0.2, 0.25) is 0 Å². The highest BCUT2D eigenvalue weighted by Gasteiger charge is 2.05. The van der Waals surface area contributed by atoms with Gasteiger partial charge in [-0.3, -0.25) is 4.79 Å². The molecular formula is C22H22O2. The van der Waals surface area contributed by atoms with E-state index in [9.17, 15) is 4.79 Å². The standard InChI is InChI=1S/C22H22O2/c1-17(19-7-3-2-4-8-19)6-5-13-24-22-12-11-20-14-18(16-23)9-10-21(20)15-22/h2-4,7-12,14-17H,5-6,13H2,1H3. The van der Waals surface area contributed by atoms with Crippen molar-refractivity contribution < 1.29 is 9.53 Å². The Kier molecular flexibility index (Phi) is 5.27. The van der Waals surface area contributed by atoms with Gasteiger partial charge in [-0.25, -0.2) is 0 Å². The second-order valence-corrected chi connectivity index (χ2v) is 6.19. The van der Waals surface area contributed by atoms with E-state index in [1.54, 1.807) is 0 Å². The van der Waals surface area contributed by atoms with E-state index >= 15 is 0 Å². The summed E-state index contributed by atoms with van der Waals surface area (Å²) < 4.78 is 5.89. The molecule has 122 valence electrons. The maximum atomic E-state index is 10.8. The van der Waals surface area contributed by atoms with Gasteiger partial charge in [-0.2, -0.15) is 0 Å². The highest BCUT2D eigenvalue weighted by atomic mass is 16.5. The SMILES string of the molecule is CC(CCCOc1ccc2cc(C=O)ccc2c1)c1ccccc1. The third-order valence-corrected chi connectivity index (χ3v) is 4.39. The first-order chi connectivity index (χ1) is 11.8. The molecule has 0 spiro atoms. The van der Waals surface area contributed by atoms with Crippen molar-refractivity contribution in [3.05, 3.63) is 77.9 Å². The summed E-state index contributed by atoms with van der Waals surface area (Å²) in [4.78, 5) is 10.8. The second-order valence-electron chi connectivity index (χ2n) is 6.19. The van der Waals surface area contributed by atoms with Crippen molar-refractivity contribution in [2.45, 2.75) is 25.7 Å². The zero-order valence-corrected chi connectivity index (χ0v) is 13.9. The minimum Gasteiger partial charge on any atom is -0.494 e. The zero-order valence-electron chi connectivity index (χ0n) is 13.9. The number of ether oxygens (including phenoxy) is 1. The minimum absolute atomic E-state index is 0.549. The summed E-state index contributed by atoms with van der Waals surface area (Å²) in [6, 6.07) is 22.3. The average Bonchev–Trinajstić information content (AvgIpc) is 2.65. The molecule has 3 aromatic carbocycles. The van der Waals surface area contributed by atoms with Gasteiger partial charge in [-0.1, -0.05) is 55.5 Å². The van der Waals surface area contributed by atoms with Crippen molar-refractivity contribution in [3.8, 4) is 5.75 Å². The summed E-state index contributed by atoms with van der Waals surface area (Å²) in [7, 11) is 0. The molecule has 3 aromatic rings. The van der Waals surface area contributed by atoms with Crippen LogP contribution in [0.1, 0.15) is 41.6 Å². The van der Waals surface area contributed by atoms with Crippen LogP contribution in [0.25, 0.3) is 10.8 Å². The topological polar surface area (TPSA) is 26.3 Å². The molecule has 0 saturated heterocycles. The Morgan fingerprint density at radius 3 is 2.50 bits per heavy atom. The Labute approximate surface area is 143 Å². The second kappa shape index (κ2) is 7.78. The normalized spacial score (nSPS) is 12.0. The maximum Gasteiger partial charge on any atom is 0.150 e. The summed E-state index contributed by atoms with van der Waals surface area (Å²) in [5, 5.41) is 2.15. The quantitative estimate of drug-likeness (QED) is 0.418. The lowest BCUT2D eigenvalue weighted by atomic mass is 9.97. The number of aldehydes is 1. The largest absolute Gasteiger partial charge is 0.494 e. The number of fused-ring (bicyclic) bond motifs is 1. The van der Waals surface area contributed by atoms with Gasteiger partial charge < -0.3 is 4.74 Å². The lowest BCUT2D eigenvalue weighted by molar-refractivity contribution is 0.112. The van der Waals surface area contributed by atoms with Crippen LogP contribution in [0.15, 0.2) is 66.7 Å². The molecule has 0 saturated carbocycles. The molecule has 1 atom stereocenters. The van der Waals surface area contributed by atoms with Crippen molar-refractivity contribution in [2.75, 3.05) is 6.61 Å². The first-order valence-corrected chi connectivity index (χ1v) is 8.43. The lowest BCUT2D eigenvalue weighted by Gasteiger charge is -2.12. The Bertz CT molecular complexity index is 809. The van der Waals surface area contributed by atoms with Gasteiger partial charge in [0.25, 0.3) is 0 Å². The number of carbonyl (C=O) groups excluding carboxylic acids is 1. The molecule has 0 heterocycles. The van der Waals surface area contributed by atoms with Gasteiger partial charge >= 0.3 is 0 Å². The van der Waals surface area contributed by atoms with Crippen LogP contribution in [-0.2, 0) is 0 Å². The van der Waals surface area contributed by atoms with E-state index in [2.05, 4.69) is 37.3 Å². The summed E-state index contributed by atoms with van der Waals surface area (Å²) in [5.74, 6) is 1.43. The zero-order chi connectivity index (χ0) is 16.8.